The lowest BCUT2D eigenvalue weighted by atomic mass is 9.48. The average Bonchev–Trinajstić information content (AvgIpc) is 2.64. The Balaban J connectivity index is 1.26. The SMILES string of the molecule is C/C(=C\C(=O)NCCNC(=O)c1cccnc1)C12CC3CC(CC(C3)C1)C2. The van der Waals surface area contributed by atoms with E-state index in [1.54, 1.807) is 18.3 Å². The van der Waals surface area contributed by atoms with Crippen molar-refractivity contribution in [1.82, 2.24) is 15.6 Å². The van der Waals surface area contributed by atoms with Gasteiger partial charge in [0.15, 0.2) is 0 Å². The summed E-state index contributed by atoms with van der Waals surface area (Å²) in [6.07, 6.45) is 13.0. The smallest absolute Gasteiger partial charge is 0.252 e. The number of hydrogen-bond donors (Lipinski definition) is 2. The third kappa shape index (κ3) is 3.92. The number of nitrogens with zero attached hydrogens (tertiary/aromatic N) is 1. The molecule has 4 aliphatic rings. The molecule has 0 atom stereocenters. The molecule has 0 radical (unpaired) electrons. The van der Waals surface area contributed by atoms with Gasteiger partial charge < -0.3 is 10.6 Å². The van der Waals surface area contributed by atoms with Crippen LogP contribution in [0, 0.1) is 23.2 Å². The first kappa shape index (κ1) is 18.2. The first-order chi connectivity index (χ1) is 13.0. The van der Waals surface area contributed by atoms with E-state index in [4.69, 9.17) is 0 Å². The van der Waals surface area contributed by atoms with Crippen molar-refractivity contribution in [3.8, 4) is 0 Å². The molecule has 1 aromatic rings. The van der Waals surface area contributed by atoms with Gasteiger partial charge in [-0.05, 0) is 80.8 Å². The third-order valence-corrected chi connectivity index (χ3v) is 6.86. The lowest BCUT2D eigenvalue weighted by molar-refractivity contribution is -0.116. The molecule has 5 rings (SSSR count). The van der Waals surface area contributed by atoms with Crippen molar-refractivity contribution in [2.24, 2.45) is 23.2 Å². The molecule has 4 bridgehead atoms. The zero-order valence-corrected chi connectivity index (χ0v) is 16.0. The van der Waals surface area contributed by atoms with Gasteiger partial charge in [0.25, 0.3) is 5.91 Å². The van der Waals surface area contributed by atoms with Crippen LogP contribution in [0.3, 0.4) is 0 Å². The van der Waals surface area contributed by atoms with E-state index in [9.17, 15) is 9.59 Å². The van der Waals surface area contributed by atoms with Crippen LogP contribution < -0.4 is 10.6 Å². The molecular formula is C22H29N3O2. The molecule has 0 saturated heterocycles. The second-order valence-corrected chi connectivity index (χ2v) is 8.81. The molecule has 2 N–H and O–H groups in total. The number of pyridine rings is 1. The van der Waals surface area contributed by atoms with Gasteiger partial charge in [-0.25, -0.2) is 0 Å². The second kappa shape index (κ2) is 7.45. The second-order valence-electron chi connectivity index (χ2n) is 8.81. The van der Waals surface area contributed by atoms with Gasteiger partial charge in [0, 0.05) is 31.6 Å². The van der Waals surface area contributed by atoms with Crippen molar-refractivity contribution in [3.05, 3.63) is 41.7 Å². The Morgan fingerprint density at radius 1 is 1.11 bits per heavy atom. The highest BCUT2D eigenvalue weighted by Gasteiger charge is 2.51. The largest absolute Gasteiger partial charge is 0.351 e. The van der Waals surface area contributed by atoms with Gasteiger partial charge in [-0.3, -0.25) is 14.6 Å². The number of carbonyl (C=O) groups excluding carboxylic acids is 2. The highest BCUT2D eigenvalue weighted by Crippen LogP contribution is 2.62. The molecule has 1 aromatic heterocycles. The zero-order chi connectivity index (χ0) is 18.9. The molecule has 144 valence electrons. The number of carbonyl (C=O) groups is 2. The van der Waals surface area contributed by atoms with E-state index in [0.29, 0.717) is 18.7 Å². The Morgan fingerprint density at radius 2 is 1.74 bits per heavy atom. The number of allylic oxidation sites excluding steroid dienone is 1. The molecule has 27 heavy (non-hydrogen) atoms. The lowest BCUT2D eigenvalue weighted by Gasteiger charge is -2.57. The lowest BCUT2D eigenvalue weighted by Crippen LogP contribution is -2.46. The van der Waals surface area contributed by atoms with Crippen molar-refractivity contribution in [3.63, 3.8) is 0 Å². The maximum Gasteiger partial charge on any atom is 0.252 e. The average molecular weight is 367 g/mol. The minimum Gasteiger partial charge on any atom is -0.351 e. The van der Waals surface area contributed by atoms with Crippen LogP contribution in [0.4, 0.5) is 0 Å². The summed E-state index contributed by atoms with van der Waals surface area (Å²) in [5.74, 6) is 2.43. The number of nitrogens with one attached hydrogen (secondary N) is 2. The Labute approximate surface area is 161 Å². The normalized spacial score (nSPS) is 31.6. The van der Waals surface area contributed by atoms with Crippen LogP contribution in [0.1, 0.15) is 55.8 Å². The predicted molar refractivity (Wildman–Crippen MR) is 104 cm³/mol. The summed E-state index contributed by atoms with van der Waals surface area (Å²) in [5.41, 5.74) is 2.07. The Hall–Kier alpha value is -2.17. The van der Waals surface area contributed by atoms with Crippen molar-refractivity contribution >= 4 is 11.8 Å². The van der Waals surface area contributed by atoms with E-state index >= 15 is 0 Å². The van der Waals surface area contributed by atoms with Gasteiger partial charge in [-0.15, -0.1) is 0 Å². The first-order valence-corrected chi connectivity index (χ1v) is 10.2. The molecule has 4 fully saturated rings. The molecule has 4 aliphatic carbocycles. The van der Waals surface area contributed by atoms with Crippen molar-refractivity contribution in [1.29, 1.82) is 0 Å². The summed E-state index contributed by atoms with van der Waals surface area (Å²) >= 11 is 0. The quantitative estimate of drug-likeness (QED) is 0.599. The summed E-state index contributed by atoms with van der Waals surface area (Å²) in [5, 5.41) is 5.71. The summed E-state index contributed by atoms with van der Waals surface area (Å²) in [4.78, 5) is 28.2. The van der Waals surface area contributed by atoms with E-state index in [0.717, 1.165) is 17.8 Å². The molecular weight excluding hydrogens is 338 g/mol. The van der Waals surface area contributed by atoms with Gasteiger partial charge in [0.1, 0.15) is 0 Å². The minimum atomic E-state index is -0.169. The first-order valence-electron chi connectivity index (χ1n) is 10.2. The summed E-state index contributed by atoms with van der Waals surface area (Å²) in [6, 6.07) is 3.45. The topological polar surface area (TPSA) is 71.1 Å². The molecule has 5 heteroatoms. The van der Waals surface area contributed by atoms with Crippen LogP contribution in [0.5, 0.6) is 0 Å². The fraction of sp³-hybridized carbons (Fsp3) is 0.591. The summed E-state index contributed by atoms with van der Waals surface area (Å²) < 4.78 is 0. The highest BCUT2D eigenvalue weighted by molar-refractivity contribution is 5.93. The van der Waals surface area contributed by atoms with Crippen LogP contribution in [-0.4, -0.2) is 29.9 Å². The van der Waals surface area contributed by atoms with Gasteiger partial charge in [-0.2, -0.15) is 0 Å². The fourth-order valence-electron chi connectivity index (χ4n) is 5.96. The minimum absolute atomic E-state index is 0.0427. The van der Waals surface area contributed by atoms with Gasteiger partial charge in [0.2, 0.25) is 5.91 Å². The molecule has 0 spiro atoms. The van der Waals surface area contributed by atoms with Crippen LogP contribution in [0.2, 0.25) is 0 Å². The third-order valence-electron chi connectivity index (χ3n) is 6.86. The maximum atomic E-state index is 12.4. The van der Waals surface area contributed by atoms with E-state index in [1.165, 1.54) is 50.3 Å². The molecule has 2 amide bonds. The van der Waals surface area contributed by atoms with E-state index in [2.05, 4.69) is 22.5 Å². The van der Waals surface area contributed by atoms with Crippen molar-refractivity contribution < 1.29 is 9.59 Å². The number of aromatic nitrogens is 1. The molecule has 0 aliphatic heterocycles. The summed E-state index contributed by atoms with van der Waals surface area (Å²) in [6.45, 7) is 2.98. The molecule has 4 saturated carbocycles. The van der Waals surface area contributed by atoms with E-state index < -0.39 is 0 Å². The number of hydrogen-bond acceptors (Lipinski definition) is 3. The standard InChI is InChI=1S/C22H29N3O2/c1-15(22-11-16-8-17(12-22)10-18(9-16)13-22)7-20(26)24-5-6-25-21(27)19-3-2-4-23-14-19/h2-4,7,14,16-18H,5-6,8-13H2,1H3,(H,24,26)(H,25,27)/b15-7+. The number of rotatable bonds is 6. The molecule has 0 aromatic carbocycles. The highest BCUT2D eigenvalue weighted by atomic mass is 16.2. The van der Waals surface area contributed by atoms with Gasteiger partial charge in [0.05, 0.1) is 5.56 Å². The van der Waals surface area contributed by atoms with Crippen LogP contribution >= 0.6 is 0 Å². The Bertz CT molecular complexity index is 706. The Kier molecular flexibility index (Phi) is 5.02. The van der Waals surface area contributed by atoms with E-state index in [-0.39, 0.29) is 17.2 Å². The molecule has 0 unspecified atom stereocenters. The van der Waals surface area contributed by atoms with Gasteiger partial charge >= 0.3 is 0 Å². The van der Waals surface area contributed by atoms with Crippen LogP contribution in [0.25, 0.3) is 0 Å². The van der Waals surface area contributed by atoms with Crippen LogP contribution in [-0.2, 0) is 4.79 Å². The zero-order valence-electron chi connectivity index (χ0n) is 16.0. The van der Waals surface area contributed by atoms with Crippen molar-refractivity contribution in [2.45, 2.75) is 45.4 Å². The molecule has 1 heterocycles. The number of amides is 2. The Morgan fingerprint density at radius 3 is 2.33 bits per heavy atom. The van der Waals surface area contributed by atoms with E-state index in [1.807, 2.05) is 6.08 Å². The summed E-state index contributed by atoms with van der Waals surface area (Å²) in [7, 11) is 0. The van der Waals surface area contributed by atoms with Crippen LogP contribution in [0.15, 0.2) is 36.2 Å². The van der Waals surface area contributed by atoms with Gasteiger partial charge in [-0.1, -0.05) is 5.57 Å². The van der Waals surface area contributed by atoms with Crippen molar-refractivity contribution in [2.75, 3.05) is 13.1 Å². The molecule has 5 nitrogen and oxygen atoms in total. The monoisotopic (exact) mass is 367 g/mol. The fourth-order valence-corrected chi connectivity index (χ4v) is 5.96. The maximum absolute atomic E-state index is 12.4. The predicted octanol–water partition coefficient (Wildman–Crippen LogP) is 3.09.